The average Bonchev–Trinajstić information content (AvgIpc) is 2.50. The van der Waals surface area contributed by atoms with Crippen molar-refractivity contribution in [1.82, 2.24) is 0 Å². The maximum Gasteiger partial charge on any atom is 0.336 e. The van der Waals surface area contributed by atoms with E-state index in [1.54, 1.807) is 0 Å². The second kappa shape index (κ2) is 11.6. The smallest absolute Gasteiger partial charge is 0.336 e. The fraction of sp³-hybridized carbons (Fsp3) is 0.867. The minimum atomic E-state index is -3.92. The Kier molecular flexibility index (Phi) is 11.2. The van der Waals surface area contributed by atoms with Gasteiger partial charge in [0.05, 0.1) is 18.1 Å². The van der Waals surface area contributed by atoms with Crippen molar-refractivity contribution in [1.29, 1.82) is 0 Å². The van der Waals surface area contributed by atoms with Crippen molar-refractivity contribution in [3.63, 3.8) is 0 Å². The summed E-state index contributed by atoms with van der Waals surface area (Å²) < 4.78 is 61.1. The van der Waals surface area contributed by atoms with Gasteiger partial charge in [-0.2, -0.15) is 16.8 Å². The third-order valence-electron chi connectivity index (χ3n) is 3.22. The van der Waals surface area contributed by atoms with Gasteiger partial charge < -0.3 is 4.74 Å². The van der Waals surface area contributed by atoms with Crippen LogP contribution in [0.5, 0.6) is 0 Å². The number of ether oxygens (including phenoxy) is 1. The van der Waals surface area contributed by atoms with Gasteiger partial charge in [0.15, 0.2) is 11.9 Å². The lowest BCUT2D eigenvalue weighted by atomic mass is 10.3. The van der Waals surface area contributed by atoms with E-state index in [9.17, 15) is 26.4 Å². The molecule has 0 radical (unpaired) electrons. The highest BCUT2D eigenvalue weighted by Gasteiger charge is 2.23. The van der Waals surface area contributed by atoms with Crippen molar-refractivity contribution in [2.24, 2.45) is 0 Å². The zero-order valence-corrected chi connectivity index (χ0v) is 17.2. The average molecular weight is 417 g/mol. The molecule has 0 fully saturated rings. The number of Topliss-reactive ketones (excluding diaryl/α,β-unsaturated/α-hetero) is 1. The number of unbranched alkanes of at least 4 members (excludes halogenated alkanes) is 2. The van der Waals surface area contributed by atoms with Gasteiger partial charge in [0.2, 0.25) is 0 Å². The van der Waals surface area contributed by atoms with Gasteiger partial charge in [0.25, 0.3) is 20.2 Å². The van der Waals surface area contributed by atoms with E-state index < -0.39 is 44.2 Å². The molecule has 0 N–H and O–H groups in total. The Labute approximate surface area is 155 Å². The Bertz CT molecular complexity index is 653. The maximum absolute atomic E-state index is 11.8. The molecule has 0 aliphatic carbocycles. The summed E-state index contributed by atoms with van der Waals surface area (Å²) in [5.41, 5.74) is 0. The van der Waals surface area contributed by atoms with Crippen molar-refractivity contribution in [2.45, 2.75) is 65.6 Å². The van der Waals surface area contributed by atoms with E-state index in [0.29, 0.717) is 12.8 Å². The summed E-state index contributed by atoms with van der Waals surface area (Å²) >= 11 is 0. The summed E-state index contributed by atoms with van der Waals surface area (Å²) in [7, 11) is -7.77. The zero-order chi connectivity index (χ0) is 20.4. The summed E-state index contributed by atoms with van der Waals surface area (Å²) in [4.78, 5) is 22.5. The molecule has 0 spiro atoms. The zero-order valence-electron chi connectivity index (χ0n) is 15.6. The molecule has 0 aromatic heterocycles. The van der Waals surface area contributed by atoms with Crippen molar-refractivity contribution in [3.8, 4) is 0 Å². The van der Waals surface area contributed by atoms with Gasteiger partial charge in [-0.1, -0.05) is 13.3 Å². The summed E-state index contributed by atoms with van der Waals surface area (Å²) in [6.45, 7) is 5.85. The predicted molar refractivity (Wildman–Crippen MR) is 94.4 cm³/mol. The van der Waals surface area contributed by atoms with Crippen molar-refractivity contribution in [3.05, 3.63) is 0 Å². The van der Waals surface area contributed by atoms with Crippen molar-refractivity contribution < 1.29 is 39.5 Å². The van der Waals surface area contributed by atoms with E-state index in [1.807, 2.05) is 6.92 Å². The van der Waals surface area contributed by atoms with Crippen LogP contribution in [0.3, 0.4) is 0 Å². The summed E-state index contributed by atoms with van der Waals surface area (Å²) in [5.74, 6) is -1.81. The number of hydrogen-bond donors (Lipinski definition) is 0. The van der Waals surface area contributed by atoms with Crippen LogP contribution >= 0.6 is 0 Å². The normalized spacial score (nSPS) is 14.6. The Morgan fingerprint density at radius 1 is 0.846 bits per heavy atom. The Balaban J connectivity index is 4.19. The SMILES string of the molecule is CCCOC(=O)C(C)OS(=O)(=O)CCCCCS(=O)(=O)OC(C)C(C)=O. The largest absolute Gasteiger partial charge is 0.464 e. The number of rotatable bonds is 14. The lowest BCUT2D eigenvalue weighted by Crippen LogP contribution is -2.27. The fourth-order valence-corrected chi connectivity index (χ4v) is 4.10. The molecule has 9 nitrogen and oxygen atoms in total. The van der Waals surface area contributed by atoms with Crippen LogP contribution in [0, 0.1) is 0 Å². The molecule has 2 atom stereocenters. The first-order valence-electron chi connectivity index (χ1n) is 8.39. The maximum atomic E-state index is 11.8. The third kappa shape index (κ3) is 11.6. The molecule has 0 aliphatic heterocycles. The predicted octanol–water partition coefficient (Wildman–Crippen LogP) is 1.17. The van der Waals surface area contributed by atoms with Crippen LogP contribution in [-0.4, -0.2) is 58.9 Å². The first kappa shape index (κ1) is 25.0. The topological polar surface area (TPSA) is 130 Å². The molecule has 26 heavy (non-hydrogen) atoms. The summed E-state index contributed by atoms with van der Waals surface area (Å²) in [6.07, 6.45) is -1.01. The highest BCUT2D eigenvalue weighted by molar-refractivity contribution is 7.87. The Morgan fingerprint density at radius 3 is 1.73 bits per heavy atom. The quantitative estimate of drug-likeness (QED) is 0.233. The summed E-state index contributed by atoms with van der Waals surface area (Å²) in [6, 6.07) is 0. The number of esters is 1. The molecule has 0 heterocycles. The minimum Gasteiger partial charge on any atom is -0.464 e. The van der Waals surface area contributed by atoms with E-state index >= 15 is 0 Å². The van der Waals surface area contributed by atoms with Gasteiger partial charge in [0.1, 0.15) is 6.10 Å². The highest BCUT2D eigenvalue weighted by atomic mass is 32.2. The highest BCUT2D eigenvalue weighted by Crippen LogP contribution is 2.09. The molecular formula is C15H28O9S2. The lowest BCUT2D eigenvalue weighted by molar-refractivity contribution is -0.150. The van der Waals surface area contributed by atoms with Crippen LogP contribution in [0.1, 0.15) is 53.4 Å². The third-order valence-corrected chi connectivity index (χ3v) is 5.96. The van der Waals surface area contributed by atoms with Crippen LogP contribution in [0.15, 0.2) is 0 Å². The Hall–Kier alpha value is -1.04. The molecule has 0 saturated heterocycles. The van der Waals surface area contributed by atoms with Crippen LogP contribution < -0.4 is 0 Å². The van der Waals surface area contributed by atoms with Crippen molar-refractivity contribution in [2.75, 3.05) is 18.1 Å². The number of carbonyl (C=O) groups excluding carboxylic acids is 2. The molecule has 0 amide bonds. The molecule has 0 saturated carbocycles. The van der Waals surface area contributed by atoms with Gasteiger partial charge in [0, 0.05) is 0 Å². The molecule has 0 bridgehead atoms. The van der Waals surface area contributed by atoms with Crippen LogP contribution in [0.25, 0.3) is 0 Å². The van der Waals surface area contributed by atoms with E-state index in [0.717, 1.165) is 0 Å². The minimum absolute atomic E-state index is 0.164. The number of hydrogen-bond acceptors (Lipinski definition) is 9. The standard InChI is InChI=1S/C15H28O9S2/c1-5-9-22-15(17)14(4)24-26(20,21)11-8-6-7-10-25(18,19)23-13(3)12(2)16/h13-14H,5-11H2,1-4H3. The number of carbonyl (C=O) groups is 2. The Morgan fingerprint density at radius 2 is 1.31 bits per heavy atom. The monoisotopic (exact) mass is 416 g/mol. The molecule has 0 rings (SSSR count). The van der Waals surface area contributed by atoms with Crippen LogP contribution in [-0.2, 0) is 42.9 Å². The van der Waals surface area contributed by atoms with Gasteiger partial charge in [-0.15, -0.1) is 0 Å². The van der Waals surface area contributed by atoms with Gasteiger partial charge in [-0.3, -0.25) is 13.2 Å². The molecular weight excluding hydrogens is 388 g/mol. The van der Waals surface area contributed by atoms with Gasteiger partial charge in [-0.25, -0.2) is 4.79 Å². The second-order valence-electron chi connectivity index (χ2n) is 5.84. The van der Waals surface area contributed by atoms with Crippen LogP contribution in [0.2, 0.25) is 0 Å². The van der Waals surface area contributed by atoms with Crippen molar-refractivity contribution >= 4 is 32.0 Å². The fourth-order valence-electron chi connectivity index (χ4n) is 1.70. The van der Waals surface area contributed by atoms with Gasteiger partial charge in [-0.05, 0) is 40.0 Å². The lowest BCUT2D eigenvalue weighted by Gasteiger charge is -2.12. The van der Waals surface area contributed by atoms with E-state index in [4.69, 9.17) is 8.92 Å². The molecule has 2 unspecified atom stereocenters. The van der Waals surface area contributed by atoms with E-state index in [2.05, 4.69) is 4.18 Å². The summed E-state index contributed by atoms with van der Waals surface area (Å²) in [5, 5.41) is 0. The van der Waals surface area contributed by atoms with E-state index in [1.165, 1.54) is 20.8 Å². The number of ketones is 1. The first-order chi connectivity index (χ1) is 11.9. The molecule has 11 heteroatoms. The molecule has 154 valence electrons. The first-order valence-corrected chi connectivity index (χ1v) is 11.5. The van der Waals surface area contributed by atoms with E-state index in [-0.39, 0.29) is 31.0 Å². The second-order valence-corrected chi connectivity index (χ2v) is 9.27. The van der Waals surface area contributed by atoms with Gasteiger partial charge >= 0.3 is 5.97 Å². The molecule has 0 aromatic rings. The van der Waals surface area contributed by atoms with Crippen LogP contribution in [0.4, 0.5) is 0 Å². The molecule has 0 aliphatic rings. The molecule has 0 aromatic carbocycles.